The van der Waals surface area contributed by atoms with Gasteiger partial charge in [-0.25, -0.2) is 4.85 Å². The van der Waals surface area contributed by atoms with Gasteiger partial charge in [-0.1, -0.05) is 30.3 Å². The summed E-state index contributed by atoms with van der Waals surface area (Å²) in [4.78, 5) is 11.9. The van der Waals surface area contributed by atoms with Gasteiger partial charge in [0.05, 0.1) is 12.1 Å². The van der Waals surface area contributed by atoms with Crippen LogP contribution in [0.15, 0.2) is 89.9 Å². The van der Waals surface area contributed by atoms with Gasteiger partial charge in [-0.15, -0.1) is 0 Å². The van der Waals surface area contributed by atoms with Gasteiger partial charge in [0, 0.05) is 41.1 Å². The molecule has 0 aliphatic carbocycles. The summed E-state index contributed by atoms with van der Waals surface area (Å²) in [6.07, 6.45) is 6.64. The summed E-state index contributed by atoms with van der Waals surface area (Å²) in [5, 5.41) is 13.4. The molecule has 0 unspecified atom stereocenters. The highest BCUT2D eigenvalue weighted by atomic mass is 16.3. The first-order chi connectivity index (χ1) is 16.2. The molecule has 3 heterocycles. The van der Waals surface area contributed by atoms with Crippen LogP contribution in [0.5, 0.6) is 0 Å². The van der Waals surface area contributed by atoms with Crippen molar-refractivity contribution in [2.45, 2.75) is 0 Å². The largest absolute Gasteiger partial charge is 0.456 e. The smallest absolute Gasteiger partial charge is 0.205 e. The van der Waals surface area contributed by atoms with Crippen LogP contribution in [0, 0.1) is 17.9 Å². The van der Waals surface area contributed by atoms with Gasteiger partial charge in [0.1, 0.15) is 17.2 Å². The molecule has 0 aliphatic heterocycles. The second-order valence-corrected chi connectivity index (χ2v) is 7.77. The second kappa shape index (κ2) is 7.30. The van der Waals surface area contributed by atoms with Crippen molar-refractivity contribution in [3.63, 3.8) is 0 Å². The summed E-state index contributed by atoms with van der Waals surface area (Å²) in [5.41, 5.74) is 6.20. The zero-order valence-corrected chi connectivity index (χ0v) is 17.3. The number of aromatic nitrogens is 2. The average molecular weight is 422 g/mol. The van der Waals surface area contributed by atoms with Crippen molar-refractivity contribution >= 4 is 38.4 Å². The first-order valence-corrected chi connectivity index (χ1v) is 10.3. The Morgan fingerprint density at radius 2 is 1.58 bits per heavy atom. The van der Waals surface area contributed by atoms with E-state index in [-0.39, 0.29) is 0 Å². The van der Waals surface area contributed by atoms with E-state index in [4.69, 9.17) is 11.0 Å². The standard InChI is InChI=1S/C28H14N4O/c1-30-21-9-20(15-32-16-21)25-11-27-28(23-5-3-2-4-22(23)25)24-7-6-18(10-26(24)33-27)19-8-17(12-29)13-31-14-19/h2-11,13-16H. The van der Waals surface area contributed by atoms with Crippen molar-refractivity contribution in [1.29, 1.82) is 5.26 Å². The minimum absolute atomic E-state index is 0.499. The summed E-state index contributed by atoms with van der Waals surface area (Å²) in [6.45, 7) is 7.33. The molecule has 6 rings (SSSR count). The van der Waals surface area contributed by atoms with Crippen molar-refractivity contribution in [3.8, 4) is 28.3 Å². The van der Waals surface area contributed by atoms with E-state index < -0.39 is 0 Å². The second-order valence-electron chi connectivity index (χ2n) is 7.77. The molecular formula is C28H14N4O. The van der Waals surface area contributed by atoms with E-state index in [0.29, 0.717) is 11.3 Å². The van der Waals surface area contributed by atoms with E-state index in [1.807, 2.05) is 42.5 Å². The Morgan fingerprint density at radius 3 is 2.42 bits per heavy atom. The van der Waals surface area contributed by atoms with Gasteiger partial charge < -0.3 is 4.42 Å². The van der Waals surface area contributed by atoms with E-state index >= 15 is 0 Å². The Morgan fingerprint density at radius 1 is 0.758 bits per heavy atom. The Balaban J connectivity index is 1.63. The first kappa shape index (κ1) is 18.7. The minimum Gasteiger partial charge on any atom is -0.456 e. The molecule has 0 radical (unpaired) electrons. The number of hydrogen-bond acceptors (Lipinski definition) is 4. The van der Waals surface area contributed by atoms with Gasteiger partial charge in [0.25, 0.3) is 0 Å². The molecule has 3 aromatic carbocycles. The lowest BCUT2D eigenvalue weighted by atomic mass is 9.95. The predicted molar refractivity (Wildman–Crippen MR) is 129 cm³/mol. The van der Waals surface area contributed by atoms with Crippen LogP contribution in [0.4, 0.5) is 5.69 Å². The number of hydrogen-bond donors (Lipinski definition) is 0. The SMILES string of the molecule is [C-]#[N+]c1cncc(-c2cc3oc4cc(-c5cncc(C#N)c5)ccc4c3c3ccccc23)c1. The van der Waals surface area contributed by atoms with E-state index in [2.05, 4.69) is 39.1 Å². The van der Waals surface area contributed by atoms with Gasteiger partial charge in [0.2, 0.25) is 5.69 Å². The highest BCUT2D eigenvalue weighted by Gasteiger charge is 2.16. The van der Waals surface area contributed by atoms with Crippen LogP contribution >= 0.6 is 0 Å². The normalized spacial score (nSPS) is 11.0. The number of pyridine rings is 2. The van der Waals surface area contributed by atoms with Gasteiger partial charge in [-0.05, 0) is 57.8 Å². The quantitative estimate of drug-likeness (QED) is 0.275. The van der Waals surface area contributed by atoms with Crippen LogP contribution in [0.1, 0.15) is 5.56 Å². The maximum Gasteiger partial charge on any atom is 0.205 e. The number of nitrogens with zero attached hydrogens (tertiary/aromatic N) is 4. The fourth-order valence-electron chi connectivity index (χ4n) is 4.35. The zero-order valence-electron chi connectivity index (χ0n) is 17.3. The number of fused-ring (bicyclic) bond motifs is 5. The highest BCUT2D eigenvalue weighted by Crippen LogP contribution is 2.41. The third-order valence-corrected chi connectivity index (χ3v) is 5.84. The molecule has 0 amide bonds. The van der Waals surface area contributed by atoms with Crippen LogP contribution in [0.2, 0.25) is 0 Å². The Bertz CT molecular complexity index is 1800. The van der Waals surface area contributed by atoms with Gasteiger partial charge in [-0.2, -0.15) is 5.26 Å². The highest BCUT2D eigenvalue weighted by molar-refractivity contribution is 6.22. The van der Waals surface area contributed by atoms with E-state index in [1.165, 1.54) is 0 Å². The molecule has 0 saturated carbocycles. The van der Waals surface area contributed by atoms with Crippen LogP contribution in [-0.4, -0.2) is 9.97 Å². The summed E-state index contributed by atoms with van der Waals surface area (Å²) >= 11 is 0. The van der Waals surface area contributed by atoms with Crippen molar-refractivity contribution in [1.82, 2.24) is 9.97 Å². The molecule has 0 saturated heterocycles. The first-order valence-electron chi connectivity index (χ1n) is 10.3. The molecule has 33 heavy (non-hydrogen) atoms. The lowest BCUT2D eigenvalue weighted by molar-refractivity contribution is 0.669. The summed E-state index contributed by atoms with van der Waals surface area (Å²) in [5.74, 6) is 0. The van der Waals surface area contributed by atoms with Crippen LogP contribution in [-0.2, 0) is 0 Å². The van der Waals surface area contributed by atoms with Crippen LogP contribution in [0.3, 0.4) is 0 Å². The molecule has 0 atom stereocenters. The van der Waals surface area contributed by atoms with Gasteiger partial charge >= 0.3 is 0 Å². The molecule has 0 N–H and O–H groups in total. The zero-order chi connectivity index (χ0) is 22.4. The van der Waals surface area contributed by atoms with E-state index in [9.17, 15) is 5.26 Å². The third-order valence-electron chi connectivity index (χ3n) is 5.84. The topological polar surface area (TPSA) is 67.1 Å². The molecule has 0 fully saturated rings. The number of furan rings is 1. The minimum atomic E-state index is 0.499. The molecular weight excluding hydrogens is 408 g/mol. The summed E-state index contributed by atoms with van der Waals surface area (Å²) < 4.78 is 6.33. The van der Waals surface area contributed by atoms with E-state index in [1.54, 1.807) is 24.8 Å². The Kier molecular flexibility index (Phi) is 4.15. The molecule has 0 bridgehead atoms. The monoisotopic (exact) mass is 422 g/mol. The lowest BCUT2D eigenvalue weighted by Gasteiger charge is -2.08. The van der Waals surface area contributed by atoms with E-state index in [0.717, 1.165) is 55.0 Å². The van der Waals surface area contributed by atoms with Crippen molar-refractivity contribution in [3.05, 3.63) is 102 Å². The van der Waals surface area contributed by atoms with Crippen LogP contribution in [0.25, 0.3) is 59.8 Å². The molecule has 0 aliphatic rings. The number of rotatable bonds is 2. The Hall–Kier alpha value is -5.00. The summed E-state index contributed by atoms with van der Waals surface area (Å²) in [6, 6.07) is 22.1. The molecule has 152 valence electrons. The molecule has 0 spiro atoms. The number of nitriles is 1. The lowest BCUT2D eigenvalue weighted by Crippen LogP contribution is -1.84. The predicted octanol–water partition coefficient (Wildman–Crippen LogP) is 7.29. The van der Waals surface area contributed by atoms with Crippen molar-refractivity contribution in [2.75, 3.05) is 0 Å². The van der Waals surface area contributed by atoms with Gasteiger partial charge in [0.15, 0.2) is 0 Å². The molecule has 3 aromatic heterocycles. The molecule has 5 nitrogen and oxygen atoms in total. The van der Waals surface area contributed by atoms with Crippen LogP contribution < -0.4 is 0 Å². The maximum absolute atomic E-state index is 9.20. The average Bonchev–Trinajstić information content (AvgIpc) is 3.26. The maximum atomic E-state index is 9.20. The van der Waals surface area contributed by atoms with Crippen molar-refractivity contribution in [2.24, 2.45) is 0 Å². The van der Waals surface area contributed by atoms with Crippen molar-refractivity contribution < 1.29 is 4.42 Å². The molecule has 6 aromatic rings. The Labute approximate surface area is 189 Å². The fraction of sp³-hybridized carbons (Fsp3) is 0. The number of benzene rings is 3. The third kappa shape index (κ3) is 3.00. The fourth-order valence-corrected chi connectivity index (χ4v) is 4.35. The van der Waals surface area contributed by atoms with Gasteiger partial charge in [-0.3, -0.25) is 9.97 Å². The summed E-state index contributed by atoms with van der Waals surface area (Å²) in [7, 11) is 0. The molecule has 5 heteroatoms.